The summed E-state index contributed by atoms with van der Waals surface area (Å²) in [7, 11) is 0. The molecule has 0 radical (unpaired) electrons. The third-order valence-electron chi connectivity index (χ3n) is 3.64. The highest BCUT2D eigenvalue weighted by molar-refractivity contribution is 5.76. The van der Waals surface area contributed by atoms with Crippen molar-refractivity contribution in [3.05, 3.63) is 0 Å². The van der Waals surface area contributed by atoms with Crippen LogP contribution in [0, 0.1) is 5.92 Å². The van der Waals surface area contributed by atoms with Gasteiger partial charge in [0.2, 0.25) is 5.91 Å². The van der Waals surface area contributed by atoms with Crippen molar-refractivity contribution in [2.45, 2.75) is 65.0 Å². The highest BCUT2D eigenvalue weighted by atomic mass is 16.1. The van der Waals surface area contributed by atoms with Gasteiger partial charge in [-0.1, -0.05) is 20.3 Å². The van der Waals surface area contributed by atoms with Gasteiger partial charge in [-0.15, -0.1) is 0 Å². The molecule has 0 aromatic rings. The lowest BCUT2D eigenvalue weighted by molar-refractivity contribution is -0.121. The average Bonchev–Trinajstić information content (AvgIpc) is 2.64. The van der Waals surface area contributed by atoms with E-state index in [1.807, 2.05) is 6.92 Å². The largest absolute Gasteiger partial charge is 0.354 e. The van der Waals surface area contributed by atoms with Crippen molar-refractivity contribution in [1.82, 2.24) is 10.6 Å². The monoisotopic (exact) mass is 226 g/mol. The molecule has 2 N–H and O–H groups in total. The fourth-order valence-electron chi connectivity index (χ4n) is 2.27. The lowest BCUT2D eigenvalue weighted by atomic mass is 10.1. The summed E-state index contributed by atoms with van der Waals surface area (Å²) >= 11 is 0. The van der Waals surface area contributed by atoms with Gasteiger partial charge in [-0.2, -0.15) is 0 Å². The van der Waals surface area contributed by atoms with E-state index in [9.17, 15) is 4.79 Å². The van der Waals surface area contributed by atoms with Gasteiger partial charge in [0.1, 0.15) is 0 Å². The Hall–Kier alpha value is -0.570. The Morgan fingerprint density at radius 2 is 2.19 bits per heavy atom. The first-order valence-electron chi connectivity index (χ1n) is 6.66. The zero-order chi connectivity index (χ0) is 12.0. The Morgan fingerprint density at radius 1 is 1.44 bits per heavy atom. The summed E-state index contributed by atoms with van der Waals surface area (Å²) in [5, 5.41) is 6.48. The molecule has 3 nitrogen and oxygen atoms in total. The van der Waals surface area contributed by atoms with E-state index >= 15 is 0 Å². The average molecular weight is 226 g/mol. The van der Waals surface area contributed by atoms with Crippen molar-refractivity contribution in [1.29, 1.82) is 0 Å². The second-order valence-electron chi connectivity index (χ2n) is 5.10. The number of carbonyl (C=O) groups is 1. The molecule has 1 amide bonds. The Morgan fingerprint density at radius 3 is 2.75 bits per heavy atom. The fraction of sp³-hybridized carbons (Fsp3) is 0.923. The summed E-state index contributed by atoms with van der Waals surface area (Å²) in [4.78, 5) is 11.5. The van der Waals surface area contributed by atoms with Gasteiger partial charge in [0.05, 0.1) is 0 Å². The Kier molecular flexibility index (Phi) is 5.81. The SMILES string of the molecule is CCC(C)NC(=O)CCNC1CCCC1C. The van der Waals surface area contributed by atoms with Gasteiger partial charge in [-0.3, -0.25) is 4.79 Å². The predicted octanol–water partition coefficient (Wildman–Crippen LogP) is 2.07. The van der Waals surface area contributed by atoms with Crippen molar-refractivity contribution < 1.29 is 4.79 Å². The van der Waals surface area contributed by atoms with Crippen LogP contribution in [0.1, 0.15) is 52.9 Å². The maximum absolute atomic E-state index is 11.5. The maximum Gasteiger partial charge on any atom is 0.221 e. The molecular formula is C13H26N2O. The van der Waals surface area contributed by atoms with Crippen LogP contribution in [0.3, 0.4) is 0 Å². The predicted molar refractivity (Wildman–Crippen MR) is 67.3 cm³/mol. The van der Waals surface area contributed by atoms with E-state index < -0.39 is 0 Å². The van der Waals surface area contributed by atoms with Gasteiger partial charge in [-0.25, -0.2) is 0 Å². The van der Waals surface area contributed by atoms with Crippen LogP contribution in [-0.4, -0.2) is 24.5 Å². The molecule has 0 saturated heterocycles. The molecule has 1 saturated carbocycles. The van der Waals surface area contributed by atoms with Crippen LogP contribution in [0.4, 0.5) is 0 Å². The number of amides is 1. The van der Waals surface area contributed by atoms with E-state index in [2.05, 4.69) is 24.5 Å². The quantitative estimate of drug-likeness (QED) is 0.728. The van der Waals surface area contributed by atoms with Gasteiger partial charge < -0.3 is 10.6 Å². The standard InChI is InChI=1S/C13H26N2O/c1-4-11(3)15-13(16)8-9-14-12-7-5-6-10(12)2/h10-12,14H,4-9H2,1-3H3,(H,15,16). The Balaban J connectivity index is 2.08. The highest BCUT2D eigenvalue weighted by Gasteiger charge is 2.22. The number of rotatable bonds is 6. The van der Waals surface area contributed by atoms with E-state index in [4.69, 9.17) is 0 Å². The third-order valence-corrected chi connectivity index (χ3v) is 3.64. The van der Waals surface area contributed by atoms with Crippen molar-refractivity contribution in [3.8, 4) is 0 Å². The van der Waals surface area contributed by atoms with Crippen LogP contribution in [-0.2, 0) is 4.79 Å². The van der Waals surface area contributed by atoms with Crippen LogP contribution in [0.15, 0.2) is 0 Å². The smallest absolute Gasteiger partial charge is 0.221 e. The fourth-order valence-corrected chi connectivity index (χ4v) is 2.27. The second-order valence-corrected chi connectivity index (χ2v) is 5.10. The molecule has 0 bridgehead atoms. The molecule has 1 aliphatic rings. The molecule has 0 spiro atoms. The highest BCUT2D eigenvalue weighted by Crippen LogP contribution is 2.24. The molecular weight excluding hydrogens is 200 g/mol. The van der Waals surface area contributed by atoms with Crippen LogP contribution in [0.5, 0.6) is 0 Å². The zero-order valence-corrected chi connectivity index (χ0v) is 10.9. The third kappa shape index (κ3) is 4.52. The first kappa shape index (κ1) is 13.5. The first-order chi connectivity index (χ1) is 7.63. The van der Waals surface area contributed by atoms with E-state index in [1.54, 1.807) is 0 Å². The Bertz CT molecular complexity index is 218. The number of hydrogen-bond donors (Lipinski definition) is 2. The molecule has 1 rings (SSSR count). The molecule has 0 aromatic carbocycles. The van der Waals surface area contributed by atoms with Gasteiger partial charge in [-0.05, 0) is 32.1 Å². The topological polar surface area (TPSA) is 41.1 Å². The molecule has 94 valence electrons. The molecule has 0 heterocycles. The van der Waals surface area contributed by atoms with Crippen LogP contribution >= 0.6 is 0 Å². The minimum absolute atomic E-state index is 0.174. The molecule has 3 unspecified atom stereocenters. The van der Waals surface area contributed by atoms with Crippen LogP contribution < -0.4 is 10.6 Å². The minimum atomic E-state index is 0.174. The van der Waals surface area contributed by atoms with Crippen molar-refractivity contribution in [3.63, 3.8) is 0 Å². The lowest BCUT2D eigenvalue weighted by Crippen LogP contribution is -2.37. The van der Waals surface area contributed by atoms with E-state index in [-0.39, 0.29) is 5.91 Å². The minimum Gasteiger partial charge on any atom is -0.354 e. The number of carbonyl (C=O) groups excluding carboxylic acids is 1. The van der Waals surface area contributed by atoms with E-state index in [1.165, 1.54) is 19.3 Å². The van der Waals surface area contributed by atoms with E-state index in [0.717, 1.165) is 18.9 Å². The second kappa shape index (κ2) is 6.89. The summed E-state index contributed by atoms with van der Waals surface area (Å²) in [5.74, 6) is 0.949. The molecule has 0 aliphatic heterocycles. The van der Waals surface area contributed by atoms with Gasteiger partial charge in [0.15, 0.2) is 0 Å². The molecule has 3 heteroatoms. The van der Waals surface area contributed by atoms with Gasteiger partial charge in [0, 0.05) is 25.0 Å². The summed E-state index contributed by atoms with van der Waals surface area (Å²) in [6.07, 6.45) is 5.54. The molecule has 3 atom stereocenters. The van der Waals surface area contributed by atoms with Gasteiger partial charge >= 0.3 is 0 Å². The van der Waals surface area contributed by atoms with Crippen molar-refractivity contribution >= 4 is 5.91 Å². The maximum atomic E-state index is 11.5. The van der Waals surface area contributed by atoms with Crippen LogP contribution in [0.25, 0.3) is 0 Å². The summed E-state index contributed by atoms with van der Waals surface area (Å²) in [5.41, 5.74) is 0. The summed E-state index contributed by atoms with van der Waals surface area (Å²) in [6.45, 7) is 7.24. The van der Waals surface area contributed by atoms with Gasteiger partial charge in [0.25, 0.3) is 0 Å². The van der Waals surface area contributed by atoms with E-state index in [0.29, 0.717) is 18.5 Å². The molecule has 1 fully saturated rings. The molecule has 16 heavy (non-hydrogen) atoms. The Labute approximate surface area is 99.4 Å². The summed E-state index contributed by atoms with van der Waals surface area (Å²) in [6, 6.07) is 0.939. The molecule has 0 aromatic heterocycles. The van der Waals surface area contributed by atoms with Crippen molar-refractivity contribution in [2.75, 3.05) is 6.54 Å². The lowest BCUT2D eigenvalue weighted by Gasteiger charge is -2.17. The van der Waals surface area contributed by atoms with Crippen molar-refractivity contribution in [2.24, 2.45) is 5.92 Å². The first-order valence-corrected chi connectivity index (χ1v) is 6.66. The van der Waals surface area contributed by atoms with Crippen LogP contribution in [0.2, 0.25) is 0 Å². The molecule has 1 aliphatic carbocycles. The zero-order valence-electron chi connectivity index (χ0n) is 10.9. The summed E-state index contributed by atoms with van der Waals surface area (Å²) < 4.78 is 0. The number of nitrogens with one attached hydrogen (secondary N) is 2. The number of hydrogen-bond acceptors (Lipinski definition) is 2. The normalized spacial score (nSPS) is 26.7.